The molecule has 314 valence electrons. The number of para-hydroxylation sites is 2. The summed E-state index contributed by atoms with van der Waals surface area (Å²) in [6.45, 7) is 7.13. The second kappa shape index (κ2) is 15.6. The summed E-state index contributed by atoms with van der Waals surface area (Å²) in [6, 6.07) is 89.8. The standard InChI is InChI=1S/C65H49N/c1-64(2)57-33-17-14-31-54(57)63-53(32-21-35-60(63)64)52-30-16-20-37-62(52)66(48-39-40-49(44-22-7-4-8-23-44)55(43-48)45-24-9-5-10-25-45)61-36-19-15-28-50(61)46-38-41-59-56(42-46)51-29-13-18-34-58(51)65(59,3)47-26-11-6-12-27-47/h4-43H,1-3H3. The summed E-state index contributed by atoms with van der Waals surface area (Å²) in [7, 11) is 0. The second-order valence-electron chi connectivity index (χ2n) is 18.5. The van der Waals surface area contributed by atoms with Crippen LogP contribution in [0.2, 0.25) is 0 Å². The summed E-state index contributed by atoms with van der Waals surface area (Å²) < 4.78 is 0. The normalized spacial score (nSPS) is 15.1. The molecular formula is C65H49N. The number of hydrogen-bond acceptors (Lipinski definition) is 1. The first kappa shape index (κ1) is 39.6. The molecule has 2 aliphatic carbocycles. The molecule has 12 rings (SSSR count). The lowest BCUT2D eigenvalue weighted by Gasteiger charge is -2.31. The Bertz CT molecular complexity index is 3450. The van der Waals surface area contributed by atoms with Crippen molar-refractivity contribution >= 4 is 17.1 Å². The third kappa shape index (κ3) is 6.15. The van der Waals surface area contributed by atoms with Gasteiger partial charge in [0, 0.05) is 27.6 Å². The Balaban J connectivity index is 1.11. The topological polar surface area (TPSA) is 3.24 Å². The molecule has 0 spiro atoms. The molecule has 0 fully saturated rings. The van der Waals surface area contributed by atoms with Gasteiger partial charge in [0.05, 0.1) is 11.4 Å². The number of anilines is 3. The third-order valence-corrected chi connectivity index (χ3v) is 14.6. The van der Waals surface area contributed by atoms with Gasteiger partial charge in [-0.3, -0.25) is 0 Å². The van der Waals surface area contributed by atoms with Gasteiger partial charge in [0.15, 0.2) is 0 Å². The molecule has 0 saturated heterocycles. The molecule has 0 bridgehead atoms. The fraction of sp³-hybridized carbons (Fsp3) is 0.0769. The molecular weight excluding hydrogens is 795 g/mol. The maximum absolute atomic E-state index is 2.52. The van der Waals surface area contributed by atoms with Crippen molar-refractivity contribution in [2.24, 2.45) is 0 Å². The number of rotatable bonds is 8. The zero-order valence-electron chi connectivity index (χ0n) is 37.5. The van der Waals surface area contributed by atoms with Crippen LogP contribution in [0.1, 0.15) is 48.6 Å². The van der Waals surface area contributed by atoms with Gasteiger partial charge in [0.2, 0.25) is 0 Å². The quantitative estimate of drug-likeness (QED) is 0.147. The highest BCUT2D eigenvalue weighted by Gasteiger charge is 2.41. The Kier molecular flexibility index (Phi) is 9.36. The van der Waals surface area contributed by atoms with E-state index in [1.165, 1.54) is 94.6 Å². The van der Waals surface area contributed by atoms with Gasteiger partial charge in [0.1, 0.15) is 0 Å². The molecule has 66 heavy (non-hydrogen) atoms. The van der Waals surface area contributed by atoms with Crippen LogP contribution in [0.5, 0.6) is 0 Å². The Morgan fingerprint density at radius 2 is 0.803 bits per heavy atom. The minimum absolute atomic E-state index is 0.121. The molecule has 2 aliphatic rings. The van der Waals surface area contributed by atoms with E-state index in [0.717, 1.165) is 17.1 Å². The average molecular weight is 844 g/mol. The summed E-state index contributed by atoms with van der Waals surface area (Å²) >= 11 is 0. The van der Waals surface area contributed by atoms with Crippen LogP contribution in [-0.4, -0.2) is 0 Å². The molecule has 10 aromatic rings. The van der Waals surface area contributed by atoms with Crippen LogP contribution in [0, 0.1) is 0 Å². The maximum atomic E-state index is 2.52. The highest BCUT2D eigenvalue weighted by atomic mass is 15.1. The van der Waals surface area contributed by atoms with Crippen LogP contribution in [-0.2, 0) is 10.8 Å². The first-order chi connectivity index (χ1) is 32.4. The minimum atomic E-state index is -0.270. The first-order valence-electron chi connectivity index (χ1n) is 23.2. The highest BCUT2D eigenvalue weighted by Crippen LogP contribution is 2.56. The van der Waals surface area contributed by atoms with Gasteiger partial charge in [-0.15, -0.1) is 0 Å². The molecule has 0 aliphatic heterocycles. The van der Waals surface area contributed by atoms with Crippen molar-refractivity contribution in [2.45, 2.75) is 31.6 Å². The summed E-state index contributed by atoms with van der Waals surface area (Å²) in [5.41, 5.74) is 24.4. The van der Waals surface area contributed by atoms with Crippen LogP contribution < -0.4 is 4.90 Å². The van der Waals surface area contributed by atoms with Crippen LogP contribution >= 0.6 is 0 Å². The SMILES string of the molecule is CC1(C)c2ccccc2-c2c(-c3ccccc3N(c3ccc(-c4ccccc4)c(-c4ccccc4)c3)c3ccccc3-c3ccc4c(c3)-c3ccccc3C4(C)c3ccccc3)cccc21. The summed E-state index contributed by atoms with van der Waals surface area (Å²) in [5.74, 6) is 0. The third-order valence-electron chi connectivity index (χ3n) is 14.6. The van der Waals surface area contributed by atoms with E-state index in [-0.39, 0.29) is 10.8 Å². The van der Waals surface area contributed by atoms with Gasteiger partial charge in [-0.1, -0.05) is 226 Å². The van der Waals surface area contributed by atoms with Crippen LogP contribution in [0.25, 0.3) is 66.8 Å². The van der Waals surface area contributed by atoms with E-state index in [2.05, 4.69) is 268 Å². The van der Waals surface area contributed by atoms with Gasteiger partial charge >= 0.3 is 0 Å². The monoisotopic (exact) mass is 843 g/mol. The molecule has 10 aromatic carbocycles. The Labute approximate surface area is 389 Å². The van der Waals surface area contributed by atoms with Crippen molar-refractivity contribution < 1.29 is 0 Å². The van der Waals surface area contributed by atoms with Crippen LogP contribution in [0.15, 0.2) is 243 Å². The zero-order chi connectivity index (χ0) is 44.4. The van der Waals surface area contributed by atoms with E-state index < -0.39 is 0 Å². The molecule has 0 radical (unpaired) electrons. The summed E-state index contributed by atoms with van der Waals surface area (Å²) in [5, 5.41) is 0. The Morgan fingerprint density at radius 3 is 1.52 bits per heavy atom. The van der Waals surface area contributed by atoms with Crippen molar-refractivity contribution in [3.63, 3.8) is 0 Å². The van der Waals surface area contributed by atoms with Crippen molar-refractivity contribution in [3.05, 3.63) is 270 Å². The Hall–Kier alpha value is -8.00. The number of nitrogens with zero attached hydrogens (tertiary/aromatic N) is 1. The van der Waals surface area contributed by atoms with E-state index in [1.807, 2.05) is 0 Å². The van der Waals surface area contributed by atoms with Crippen molar-refractivity contribution in [2.75, 3.05) is 4.90 Å². The molecule has 1 atom stereocenters. The molecule has 1 heteroatoms. The van der Waals surface area contributed by atoms with Crippen LogP contribution in [0.4, 0.5) is 17.1 Å². The van der Waals surface area contributed by atoms with Crippen LogP contribution in [0.3, 0.4) is 0 Å². The van der Waals surface area contributed by atoms with Crippen molar-refractivity contribution in [1.82, 2.24) is 0 Å². The van der Waals surface area contributed by atoms with Gasteiger partial charge in [-0.05, 0) is 121 Å². The van der Waals surface area contributed by atoms with Gasteiger partial charge < -0.3 is 4.90 Å². The largest absolute Gasteiger partial charge is 0.309 e. The maximum Gasteiger partial charge on any atom is 0.0540 e. The van der Waals surface area contributed by atoms with E-state index in [1.54, 1.807) is 0 Å². The minimum Gasteiger partial charge on any atom is -0.309 e. The molecule has 1 nitrogen and oxygen atoms in total. The van der Waals surface area contributed by atoms with Crippen molar-refractivity contribution in [3.8, 4) is 66.8 Å². The lowest BCUT2D eigenvalue weighted by Crippen LogP contribution is -2.22. The predicted molar refractivity (Wildman–Crippen MR) is 278 cm³/mol. The smallest absolute Gasteiger partial charge is 0.0540 e. The van der Waals surface area contributed by atoms with Crippen molar-refractivity contribution in [1.29, 1.82) is 0 Å². The number of fused-ring (bicyclic) bond motifs is 6. The molecule has 0 N–H and O–H groups in total. The van der Waals surface area contributed by atoms with Gasteiger partial charge in [-0.25, -0.2) is 0 Å². The van der Waals surface area contributed by atoms with Gasteiger partial charge in [-0.2, -0.15) is 0 Å². The van der Waals surface area contributed by atoms with E-state index in [0.29, 0.717) is 0 Å². The molecule has 1 unspecified atom stereocenters. The fourth-order valence-electron chi connectivity index (χ4n) is 11.3. The molecule has 0 amide bonds. The molecule has 0 aromatic heterocycles. The molecule has 0 saturated carbocycles. The second-order valence-corrected chi connectivity index (χ2v) is 18.5. The van der Waals surface area contributed by atoms with Gasteiger partial charge in [0.25, 0.3) is 0 Å². The number of hydrogen-bond donors (Lipinski definition) is 0. The van der Waals surface area contributed by atoms with E-state index >= 15 is 0 Å². The summed E-state index contributed by atoms with van der Waals surface area (Å²) in [4.78, 5) is 2.52. The summed E-state index contributed by atoms with van der Waals surface area (Å²) in [6.07, 6.45) is 0. The fourth-order valence-corrected chi connectivity index (χ4v) is 11.3. The van der Waals surface area contributed by atoms with E-state index in [9.17, 15) is 0 Å². The predicted octanol–water partition coefficient (Wildman–Crippen LogP) is 17.5. The highest BCUT2D eigenvalue weighted by molar-refractivity contribution is 6.01. The number of benzene rings is 10. The average Bonchev–Trinajstić information content (AvgIpc) is 3.79. The lowest BCUT2D eigenvalue weighted by molar-refractivity contribution is 0.660. The van der Waals surface area contributed by atoms with E-state index in [4.69, 9.17) is 0 Å². The first-order valence-corrected chi connectivity index (χ1v) is 23.2. The lowest BCUT2D eigenvalue weighted by atomic mass is 9.74. The molecule has 0 heterocycles. The Morgan fingerprint density at radius 1 is 0.288 bits per heavy atom. The zero-order valence-corrected chi connectivity index (χ0v) is 37.5.